The number of nitrogens with one attached hydrogen (secondary N) is 2. The van der Waals surface area contributed by atoms with Crippen LogP contribution in [0.25, 0.3) is 0 Å². The Hall–Kier alpha value is -1.95. The van der Waals surface area contributed by atoms with Crippen molar-refractivity contribution < 1.29 is 9.13 Å². The molecule has 1 atom stereocenters. The lowest BCUT2D eigenvalue weighted by atomic mass is 10.1. The van der Waals surface area contributed by atoms with Crippen molar-refractivity contribution in [3.63, 3.8) is 0 Å². The van der Waals surface area contributed by atoms with E-state index >= 15 is 0 Å². The quantitative estimate of drug-likeness (QED) is 0.835. The number of H-pyrrole nitrogens is 1. The van der Waals surface area contributed by atoms with Crippen LogP contribution < -0.4 is 10.1 Å². The van der Waals surface area contributed by atoms with Crippen molar-refractivity contribution in [2.24, 2.45) is 0 Å². The summed E-state index contributed by atoms with van der Waals surface area (Å²) >= 11 is 0. The van der Waals surface area contributed by atoms with Crippen molar-refractivity contribution in [2.75, 3.05) is 13.7 Å². The van der Waals surface area contributed by atoms with E-state index in [1.807, 2.05) is 6.92 Å². The van der Waals surface area contributed by atoms with Gasteiger partial charge in [0.2, 0.25) is 0 Å². The third-order valence-electron chi connectivity index (χ3n) is 2.95. The molecule has 1 aromatic heterocycles. The first-order chi connectivity index (χ1) is 9.20. The number of hydrogen-bond acceptors (Lipinski definition) is 4. The number of benzene rings is 1. The Morgan fingerprint density at radius 1 is 1.47 bits per heavy atom. The minimum atomic E-state index is -0.265. The van der Waals surface area contributed by atoms with Gasteiger partial charge in [-0.05, 0) is 13.0 Å². The highest BCUT2D eigenvalue weighted by molar-refractivity contribution is 5.30. The normalized spacial score (nSPS) is 12.4. The summed E-state index contributed by atoms with van der Waals surface area (Å²) in [5, 5.41) is 9.81. The van der Waals surface area contributed by atoms with Gasteiger partial charge in [-0.1, -0.05) is 6.07 Å². The number of hydrogen-bond donors (Lipinski definition) is 2. The lowest BCUT2D eigenvalue weighted by Gasteiger charge is -2.15. The Labute approximate surface area is 111 Å². The van der Waals surface area contributed by atoms with Crippen LogP contribution in [0.4, 0.5) is 4.39 Å². The number of methoxy groups -OCH3 is 1. The van der Waals surface area contributed by atoms with E-state index in [9.17, 15) is 4.39 Å². The maximum Gasteiger partial charge on any atom is 0.137 e. The van der Waals surface area contributed by atoms with Crippen molar-refractivity contribution in [3.05, 3.63) is 41.7 Å². The average Bonchev–Trinajstić information content (AvgIpc) is 2.91. The molecule has 1 heterocycles. The molecule has 0 saturated carbocycles. The van der Waals surface area contributed by atoms with Gasteiger partial charge < -0.3 is 10.1 Å². The topological polar surface area (TPSA) is 62.8 Å². The summed E-state index contributed by atoms with van der Waals surface area (Å²) in [4.78, 5) is 4.03. The standard InChI is InChI=1S/C13H17FN4O/c1-9(15-6-5-13-16-8-17-18-13)11-4-3-10(19-2)7-12(11)14/h3-4,7-9,15H,5-6H2,1-2H3,(H,16,17,18). The molecule has 0 bridgehead atoms. The second kappa shape index (κ2) is 6.29. The van der Waals surface area contributed by atoms with Crippen LogP contribution in [0.2, 0.25) is 0 Å². The second-order valence-corrected chi connectivity index (χ2v) is 4.25. The number of ether oxygens (including phenoxy) is 1. The van der Waals surface area contributed by atoms with Gasteiger partial charge in [0.15, 0.2) is 0 Å². The van der Waals surface area contributed by atoms with Crippen molar-refractivity contribution in [1.29, 1.82) is 0 Å². The fourth-order valence-electron chi connectivity index (χ4n) is 1.85. The molecule has 102 valence electrons. The van der Waals surface area contributed by atoms with Gasteiger partial charge in [-0.3, -0.25) is 5.10 Å². The lowest BCUT2D eigenvalue weighted by Crippen LogP contribution is -2.22. The fourth-order valence-corrected chi connectivity index (χ4v) is 1.85. The smallest absolute Gasteiger partial charge is 0.137 e. The van der Waals surface area contributed by atoms with Gasteiger partial charge >= 0.3 is 0 Å². The highest BCUT2D eigenvalue weighted by Crippen LogP contribution is 2.21. The first kappa shape index (κ1) is 13.5. The molecule has 19 heavy (non-hydrogen) atoms. The molecule has 1 unspecified atom stereocenters. The SMILES string of the molecule is COc1ccc(C(C)NCCc2ncn[nH]2)c(F)c1. The number of rotatable bonds is 6. The first-order valence-corrected chi connectivity index (χ1v) is 6.11. The molecule has 0 amide bonds. The summed E-state index contributed by atoms with van der Waals surface area (Å²) in [5.41, 5.74) is 0.623. The van der Waals surface area contributed by atoms with Crippen LogP contribution in [0.5, 0.6) is 5.75 Å². The van der Waals surface area contributed by atoms with Crippen LogP contribution in [-0.4, -0.2) is 28.8 Å². The van der Waals surface area contributed by atoms with Crippen LogP contribution in [0, 0.1) is 5.82 Å². The zero-order valence-electron chi connectivity index (χ0n) is 11.0. The molecule has 0 radical (unpaired) electrons. The van der Waals surface area contributed by atoms with E-state index in [0.717, 1.165) is 12.2 Å². The van der Waals surface area contributed by atoms with E-state index in [0.29, 0.717) is 17.9 Å². The number of halogens is 1. The zero-order valence-corrected chi connectivity index (χ0v) is 11.0. The molecular formula is C13H17FN4O. The number of aromatic nitrogens is 3. The summed E-state index contributed by atoms with van der Waals surface area (Å²) in [6.07, 6.45) is 2.20. The zero-order chi connectivity index (χ0) is 13.7. The van der Waals surface area contributed by atoms with Gasteiger partial charge in [0.05, 0.1) is 7.11 Å². The molecule has 6 heteroatoms. The maximum atomic E-state index is 13.8. The molecule has 0 aliphatic carbocycles. The van der Waals surface area contributed by atoms with Gasteiger partial charge in [-0.25, -0.2) is 9.37 Å². The molecule has 2 rings (SSSR count). The van der Waals surface area contributed by atoms with Crippen molar-refractivity contribution in [1.82, 2.24) is 20.5 Å². The molecule has 0 aliphatic rings. The Bertz CT molecular complexity index is 515. The van der Waals surface area contributed by atoms with Crippen LogP contribution >= 0.6 is 0 Å². The van der Waals surface area contributed by atoms with E-state index in [2.05, 4.69) is 20.5 Å². The van der Waals surface area contributed by atoms with Crippen molar-refractivity contribution in [2.45, 2.75) is 19.4 Å². The van der Waals surface area contributed by atoms with Crippen LogP contribution in [-0.2, 0) is 6.42 Å². The molecule has 2 aromatic rings. The second-order valence-electron chi connectivity index (χ2n) is 4.25. The molecule has 5 nitrogen and oxygen atoms in total. The minimum Gasteiger partial charge on any atom is -0.497 e. The molecule has 0 fully saturated rings. The Morgan fingerprint density at radius 3 is 2.95 bits per heavy atom. The average molecular weight is 264 g/mol. The van der Waals surface area contributed by atoms with Gasteiger partial charge in [0.1, 0.15) is 23.7 Å². The fraction of sp³-hybridized carbons (Fsp3) is 0.385. The third-order valence-corrected chi connectivity index (χ3v) is 2.95. The van der Waals surface area contributed by atoms with Crippen LogP contribution in [0.1, 0.15) is 24.4 Å². The maximum absolute atomic E-state index is 13.8. The summed E-state index contributed by atoms with van der Waals surface area (Å²) in [6, 6.07) is 4.81. The molecule has 0 spiro atoms. The van der Waals surface area contributed by atoms with Gasteiger partial charge in [0, 0.05) is 30.6 Å². The van der Waals surface area contributed by atoms with Gasteiger partial charge in [0.25, 0.3) is 0 Å². The summed E-state index contributed by atoms with van der Waals surface area (Å²) in [7, 11) is 1.52. The van der Waals surface area contributed by atoms with Gasteiger partial charge in [-0.2, -0.15) is 5.10 Å². The Kier molecular flexibility index (Phi) is 4.46. The Morgan fingerprint density at radius 2 is 2.32 bits per heavy atom. The summed E-state index contributed by atoms with van der Waals surface area (Å²) < 4.78 is 18.8. The van der Waals surface area contributed by atoms with E-state index in [1.165, 1.54) is 19.5 Å². The van der Waals surface area contributed by atoms with E-state index < -0.39 is 0 Å². The Balaban J connectivity index is 1.90. The third kappa shape index (κ3) is 3.51. The molecule has 0 saturated heterocycles. The van der Waals surface area contributed by atoms with Crippen LogP contribution in [0.15, 0.2) is 24.5 Å². The summed E-state index contributed by atoms with van der Waals surface area (Å²) in [6.45, 7) is 2.62. The van der Waals surface area contributed by atoms with Gasteiger partial charge in [-0.15, -0.1) is 0 Å². The molecule has 0 aliphatic heterocycles. The lowest BCUT2D eigenvalue weighted by molar-refractivity contribution is 0.409. The predicted octanol–water partition coefficient (Wildman–Crippen LogP) is 1.85. The predicted molar refractivity (Wildman–Crippen MR) is 69.5 cm³/mol. The molecular weight excluding hydrogens is 247 g/mol. The van der Waals surface area contributed by atoms with Crippen molar-refractivity contribution >= 4 is 0 Å². The molecule has 2 N–H and O–H groups in total. The van der Waals surface area contributed by atoms with Crippen molar-refractivity contribution in [3.8, 4) is 5.75 Å². The van der Waals surface area contributed by atoms with Crippen LogP contribution in [0.3, 0.4) is 0 Å². The highest BCUT2D eigenvalue weighted by atomic mass is 19.1. The van der Waals surface area contributed by atoms with E-state index in [-0.39, 0.29) is 11.9 Å². The van der Waals surface area contributed by atoms with E-state index in [1.54, 1.807) is 12.1 Å². The number of aromatic amines is 1. The highest BCUT2D eigenvalue weighted by Gasteiger charge is 2.11. The number of nitrogens with zero attached hydrogens (tertiary/aromatic N) is 2. The largest absolute Gasteiger partial charge is 0.497 e. The minimum absolute atomic E-state index is 0.0752. The monoisotopic (exact) mass is 264 g/mol. The van der Waals surface area contributed by atoms with E-state index in [4.69, 9.17) is 4.74 Å². The molecule has 1 aromatic carbocycles. The summed E-state index contributed by atoms with van der Waals surface area (Å²) in [5.74, 6) is 1.07. The first-order valence-electron chi connectivity index (χ1n) is 6.11.